The number of allylic oxidation sites excluding steroid dienone is 1. The summed E-state index contributed by atoms with van der Waals surface area (Å²) in [6, 6.07) is 8.65. The first kappa shape index (κ1) is 10.4. The molecular formula is C14H18O. The molecule has 0 saturated heterocycles. The summed E-state index contributed by atoms with van der Waals surface area (Å²) in [5.41, 5.74) is 4.04. The van der Waals surface area contributed by atoms with Gasteiger partial charge < -0.3 is 5.11 Å². The van der Waals surface area contributed by atoms with Crippen molar-refractivity contribution in [2.24, 2.45) is 0 Å². The summed E-state index contributed by atoms with van der Waals surface area (Å²) in [6.45, 7) is 2.10. The quantitative estimate of drug-likeness (QED) is 0.731. The van der Waals surface area contributed by atoms with Crippen LogP contribution in [0.5, 0.6) is 0 Å². The number of rotatable bonds is 2. The van der Waals surface area contributed by atoms with Crippen molar-refractivity contribution in [1.29, 1.82) is 0 Å². The molecule has 1 heteroatoms. The first-order chi connectivity index (χ1) is 7.24. The molecule has 1 atom stereocenters. The SMILES string of the molecule is Cc1ccc(CC2=CC(O)CCC2)cc1. The van der Waals surface area contributed by atoms with Gasteiger partial charge in [0, 0.05) is 0 Å². The Bertz CT molecular complexity index is 348. The van der Waals surface area contributed by atoms with E-state index in [-0.39, 0.29) is 6.10 Å². The molecule has 0 saturated carbocycles. The highest BCUT2D eigenvalue weighted by molar-refractivity contribution is 5.26. The first-order valence-electron chi connectivity index (χ1n) is 5.67. The maximum absolute atomic E-state index is 9.53. The van der Waals surface area contributed by atoms with Gasteiger partial charge in [-0.2, -0.15) is 0 Å². The van der Waals surface area contributed by atoms with Gasteiger partial charge in [-0.25, -0.2) is 0 Å². The zero-order chi connectivity index (χ0) is 10.7. The molecule has 0 radical (unpaired) electrons. The lowest BCUT2D eigenvalue weighted by atomic mass is 9.92. The third kappa shape index (κ3) is 2.93. The number of hydrogen-bond acceptors (Lipinski definition) is 1. The van der Waals surface area contributed by atoms with Gasteiger partial charge in [0.2, 0.25) is 0 Å². The van der Waals surface area contributed by atoms with Gasteiger partial charge in [-0.3, -0.25) is 0 Å². The van der Waals surface area contributed by atoms with Crippen molar-refractivity contribution in [1.82, 2.24) is 0 Å². The normalized spacial score (nSPS) is 21.2. The van der Waals surface area contributed by atoms with E-state index in [1.54, 1.807) is 0 Å². The van der Waals surface area contributed by atoms with Crippen LogP contribution >= 0.6 is 0 Å². The molecule has 1 aromatic carbocycles. The molecule has 1 N–H and O–H groups in total. The maximum Gasteiger partial charge on any atom is 0.0723 e. The summed E-state index contributed by atoms with van der Waals surface area (Å²) >= 11 is 0. The lowest BCUT2D eigenvalue weighted by Crippen LogP contribution is -2.10. The highest BCUT2D eigenvalue weighted by Crippen LogP contribution is 2.21. The van der Waals surface area contributed by atoms with Gasteiger partial charge in [0.05, 0.1) is 6.10 Å². The van der Waals surface area contributed by atoms with E-state index in [4.69, 9.17) is 0 Å². The van der Waals surface area contributed by atoms with Crippen LogP contribution < -0.4 is 0 Å². The van der Waals surface area contributed by atoms with Gasteiger partial charge in [-0.1, -0.05) is 41.5 Å². The molecular weight excluding hydrogens is 184 g/mol. The lowest BCUT2D eigenvalue weighted by Gasteiger charge is -2.17. The summed E-state index contributed by atoms with van der Waals surface area (Å²) in [6.07, 6.45) is 6.02. The Morgan fingerprint density at radius 2 is 2.00 bits per heavy atom. The Kier molecular flexibility index (Phi) is 3.22. The van der Waals surface area contributed by atoms with Crippen LogP contribution in [0, 0.1) is 6.92 Å². The molecule has 0 spiro atoms. The summed E-state index contributed by atoms with van der Waals surface area (Å²) in [7, 11) is 0. The Hall–Kier alpha value is -1.08. The molecule has 0 aliphatic heterocycles. The third-order valence-electron chi connectivity index (χ3n) is 2.98. The van der Waals surface area contributed by atoms with Gasteiger partial charge in [-0.15, -0.1) is 0 Å². The highest BCUT2D eigenvalue weighted by atomic mass is 16.3. The second-order valence-corrected chi connectivity index (χ2v) is 4.45. The summed E-state index contributed by atoms with van der Waals surface area (Å²) < 4.78 is 0. The van der Waals surface area contributed by atoms with E-state index in [2.05, 4.69) is 31.2 Å². The molecule has 80 valence electrons. The maximum atomic E-state index is 9.53. The predicted molar refractivity (Wildman–Crippen MR) is 62.8 cm³/mol. The Morgan fingerprint density at radius 1 is 1.27 bits per heavy atom. The predicted octanol–water partition coefficient (Wildman–Crippen LogP) is 3.01. The Balaban J connectivity index is 2.05. The molecule has 0 fully saturated rings. The number of aliphatic hydroxyl groups excluding tert-OH is 1. The summed E-state index contributed by atoms with van der Waals surface area (Å²) in [5, 5.41) is 9.53. The summed E-state index contributed by atoms with van der Waals surface area (Å²) in [5.74, 6) is 0. The molecule has 1 aliphatic rings. The molecule has 0 amide bonds. The van der Waals surface area contributed by atoms with Crippen LogP contribution in [0.4, 0.5) is 0 Å². The zero-order valence-electron chi connectivity index (χ0n) is 9.24. The minimum Gasteiger partial charge on any atom is -0.389 e. The van der Waals surface area contributed by atoms with Crippen molar-refractivity contribution in [2.75, 3.05) is 0 Å². The van der Waals surface area contributed by atoms with Crippen LogP contribution in [0.2, 0.25) is 0 Å². The van der Waals surface area contributed by atoms with E-state index >= 15 is 0 Å². The van der Waals surface area contributed by atoms with E-state index < -0.39 is 0 Å². The Labute approximate surface area is 91.4 Å². The average Bonchev–Trinajstić information content (AvgIpc) is 2.22. The third-order valence-corrected chi connectivity index (χ3v) is 2.98. The van der Waals surface area contributed by atoms with Crippen molar-refractivity contribution in [3.05, 3.63) is 47.0 Å². The van der Waals surface area contributed by atoms with Crippen molar-refractivity contribution in [3.8, 4) is 0 Å². The fourth-order valence-corrected chi connectivity index (χ4v) is 2.09. The molecule has 0 aromatic heterocycles. The van der Waals surface area contributed by atoms with Gasteiger partial charge in [0.25, 0.3) is 0 Å². The van der Waals surface area contributed by atoms with Crippen molar-refractivity contribution in [2.45, 2.75) is 38.7 Å². The van der Waals surface area contributed by atoms with Crippen molar-refractivity contribution >= 4 is 0 Å². The number of benzene rings is 1. The van der Waals surface area contributed by atoms with E-state index in [0.717, 1.165) is 25.7 Å². The van der Waals surface area contributed by atoms with E-state index in [1.807, 2.05) is 6.08 Å². The number of aryl methyl sites for hydroxylation is 1. The summed E-state index contributed by atoms with van der Waals surface area (Å²) in [4.78, 5) is 0. The standard InChI is InChI=1S/C14H18O/c1-11-5-7-12(8-6-11)9-13-3-2-4-14(15)10-13/h5-8,10,14-15H,2-4,9H2,1H3. The fraction of sp³-hybridized carbons (Fsp3) is 0.429. The number of hydrogen-bond donors (Lipinski definition) is 1. The first-order valence-corrected chi connectivity index (χ1v) is 5.67. The van der Waals surface area contributed by atoms with Crippen molar-refractivity contribution in [3.63, 3.8) is 0 Å². The van der Waals surface area contributed by atoms with Crippen LogP contribution in [-0.4, -0.2) is 11.2 Å². The van der Waals surface area contributed by atoms with Crippen molar-refractivity contribution < 1.29 is 5.11 Å². The smallest absolute Gasteiger partial charge is 0.0723 e. The van der Waals surface area contributed by atoms with E-state index in [0.29, 0.717) is 0 Å². The molecule has 1 aromatic rings. The second kappa shape index (κ2) is 4.63. The molecule has 1 aliphatic carbocycles. The van der Waals surface area contributed by atoms with E-state index in [1.165, 1.54) is 16.7 Å². The minimum atomic E-state index is -0.209. The second-order valence-electron chi connectivity index (χ2n) is 4.45. The molecule has 2 rings (SSSR count). The van der Waals surface area contributed by atoms with Crippen LogP contribution in [0.15, 0.2) is 35.9 Å². The number of aliphatic hydroxyl groups is 1. The monoisotopic (exact) mass is 202 g/mol. The lowest BCUT2D eigenvalue weighted by molar-refractivity contribution is 0.202. The average molecular weight is 202 g/mol. The zero-order valence-corrected chi connectivity index (χ0v) is 9.24. The van der Waals surface area contributed by atoms with Gasteiger partial charge >= 0.3 is 0 Å². The van der Waals surface area contributed by atoms with Crippen LogP contribution in [-0.2, 0) is 6.42 Å². The highest BCUT2D eigenvalue weighted by Gasteiger charge is 2.10. The molecule has 0 bridgehead atoms. The molecule has 1 unspecified atom stereocenters. The topological polar surface area (TPSA) is 20.2 Å². The van der Waals surface area contributed by atoms with Gasteiger partial charge in [0.15, 0.2) is 0 Å². The largest absolute Gasteiger partial charge is 0.389 e. The Morgan fingerprint density at radius 3 is 2.67 bits per heavy atom. The van der Waals surface area contributed by atoms with Gasteiger partial charge in [0.1, 0.15) is 0 Å². The van der Waals surface area contributed by atoms with Crippen LogP contribution in [0.25, 0.3) is 0 Å². The van der Waals surface area contributed by atoms with Crippen LogP contribution in [0.3, 0.4) is 0 Å². The fourth-order valence-electron chi connectivity index (χ4n) is 2.09. The van der Waals surface area contributed by atoms with E-state index in [9.17, 15) is 5.11 Å². The van der Waals surface area contributed by atoms with Gasteiger partial charge in [-0.05, 0) is 38.2 Å². The molecule has 1 nitrogen and oxygen atoms in total. The minimum absolute atomic E-state index is 0.209. The molecule has 0 heterocycles. The molecule has 15 heavy (non-hydrogen) atoms. The van der Waals surface area contributed by atoms with Crippen LogP contribution in [0.1, 0.15) is 30.4 Å².